The summed E-state index contributed by atoms with van der Waals surface area (Å²) in [5.41, 5.74) is 2.56. The van der Waals surface area contributed by atoms with Crippen molar-refractivity contribution in [1.29, 1.82) is 0 Å². The lowest BCUT2D eigenvalue weighted by Gasteiger charge is -2.33. The van der Waals surface area contributed by atoms with Gasteiger partial charge in [0.1, 0.15) is 5.82 Å². The van der Waals surface area contributed by atoms with Crippen LogP contribution >= 0.6 is 11.3 Å². The maximum atomic E-state index is 4.70. The van der Waals surface area contributed by atoms with E-state index in [1.54, 1.807) is 11.3 Å². The van der Waals surface area contributed by atoms with Gasteiger partial charge in [0, 0.05) is 63.9 Å². The maximum absolute atomic E-state index is 4.70. The van der Waals surface area contributed by atoms with Gasteiger partial charge in [-0.15, -0.1) is 11.3 Å². The molecule has 0 unspecified atom stereocenters. The fourth-order valence-corrected chi connectivity index (χ4v) is 4.18. The van der Waals surface area contributed by atoms with Crippen LogP contribution in [0.3, 0.4) is 0 Å². The third-order valence-electron chi connectivity index (χ3n) is 5.06. The first-order chi connectivity index (χ1) is 11.7. The van der Waals surface area contributed by atoms with E-state index in [0.717, 1.165) is 50.8 Å². The van der Waals surface area contributed by atoms with Gasteiger partial charge in [-0.3, -0.25) is 9.80 Å². The topological polar surface area (TPSA) is 40.4 Å². The fraction of sp³-hybridized carbons (Fsp3) is 0.647. The Kier molecular flexibility index (Phi) is 4.67. The second kappa shape index (κ2) is 6.92. The van der Waals surface area contributed by atoms with Crippen LogP contribution in [-0.4, -0.2) is 69.0 Å². The molecule has 0 aromatic carbocycles. The van der Waals surface area contributed by atoms with Crippen molar-refractivity contribution in [2.75, 3.05) is 39.8 Å². The third kappa shape index (κ3) is 3.54. The van der Waals surface area contributed by atoms with Crippen LogP contribution in [0.15, 0.2) is 11.6 Å². The lowest BCUT2D eigenvalue weighted by atomic mass is 10.3. The summed E-state index contributed by atoms with van der Waals surface area (Å²) >= 11 is 1.73. The molecule has 7 heteroatoms. The molecule has 4 rings (SSSR count). The van der Waals surface area contributed by atoms with Crippen molar-refractivity contribution in [2.45, 2.75) is 33.1 Å². The highest BCUT2D eigenvalue weighted by molar-refractivity contribution is 7.09. The molecule has 0 bridgehead atoms. The molecule has 0 N–H and O–H groups in total. The molecule has 2 aliphatic rings. The summed E-state index contributed by atoms with van der Waals surface area (Å²) in [5, 5.41) is 3.33. The Morgan fingerprint density at radius 1 is 1.04 bits per heavy atom. The number of imidazole rings is 1. The molecular weight excluding hydrogens is 320 g/mol. The van der Waals surface area contributed by atoms with E-state index in [-0.39, 0.29) is 0 Å². The van der Waals surface area contributed by atoms with Crippen molar-refractivity contribution in [2.24, 2.45) is 0 Å². The second-order valence-corrected chi connectivity index (χ2v) is 8.03. The number of aryl methyl sites for hydroxylation is 1. The molecule has 0 saturated carbocycles. The largest absolute Gasteiger partial charge is 0.328 e. The molecule has 1 saturated heterocycles. The number of piperazine rings is 1. The number of likely N-dealkylation sites (N-methyl/N-ethyl adjacent to an activating group) is 1. The molecule has 4 heterocycles. The molecule has 0 spiro atoms. The number of hydrogen-bond acceptors (Lipinski definition) is 6. The van der Waals surface area contributed by atoms with Gasteiger partial charge >= 0.3 is 0 Å². The highest BCUT2D eigenvalue weighted by atomic mass is 32.1. The molecule has 2 aromatic rings. The van der Waals surface area contributed by atoms with Gasteiger partial charge in [-0.05, 0) is 14.0 Å². The van der Waals surface area contributed by atoms with Gasteiger partial charge in [0.05, 0.1) is 22.9 Å². The average Bonchev–Trinajstić information content (AvgIpc) is 3.16. The van der Waals surface area contributed by atoms with Crippen molar-refractivity contribution < 1.29 is 0 Å². The molecule has 130 valence electrons. The van der Waals surface area contributed by atoms with E-state index in [1.165, 1.54) is 30.3 Å². The molecule has 2 aliphatic heterocycles. The van der Waals surface area contributed by atoms with Gasteiger partial charge in [-0.25, -0.2) is 9.97 Å². The van der Waals surface area contributed by atoms with E-state index in [9.17, 15) is 0 Å². The summed E-state index contributed by atoms with van der Waals surface area (Å²) in [5.74, 6) is 1.21. The second-order valence-electron chi connectivity index (χ2n) is 6.97. The summed E-state index contributed by atoms with van der Waals surface area (Å²) < 4.78 is 2.43. The predicted molar refractivity (Wildman–Crippen MR) is 96.0 cm³/mol. The zero-order valence-electron chi connectivity index (χ0n) is 14.6. The predicted octanol–water partition coefficient (Wildman–Crippen LogP) is 1.41. The quantitative estimate of drug-likeness (QED) is 0.837. The van der Waals surface area contributed by atoms with Crippen LogP contribution in [-0.2, 0) is 26.2 Å². The minimum Gasteiger partial charge on any atom is -0.328 e. The summed E-state index contributed by atoms with van der Waals surface area (Å²) in [4.78, 5) is 16.7. The third-order valence-corrected chi connectivity index (χ3v) is 5.88. The summed E-state index contributed by atoms with van der Waals surface area (Å²) in [6, 6.07) is 0. The van der Waals surface area contributed by atoms with Crippen molar-refractivity contribution in [3.05, 3.63) is 33.8 Å². The fourth-order valence-electron chi connectivity index (χ4n) is 3.58. The Hall–Kier alpha value is -1.28. The molecular formula is C17H26N6S. The highest BCUT2D eigenvalue weighted by Crippen LogP contribution is 2.19. The van der Waals surface area contributed by atoms with Crippen LogP contribution in [0, 0.1) is 6.92 Å². The minimum absolute atomic E-state index is 0.930. The van der Waals surface area contributed by atoms with Crippen LogP contribution in [0.25, 0.3) is 0 Å². The van der Waals surface area contributed by atoms with Gasteiger partial charge in [0.15, 0.2) is 0 Å². The van der Waals surface area contributed by atoms with Crippen LogP contribution in [0.5, 0.6) is 0 Å². The number of hydrogen-bond donors (Lipinski definition) is 0. The number of aromatic nitrogens is 3. The molecule has 0 radical (unpaired) electrons. The van der Waals surface area contributed by atoms with Crippen LogP contribution in [0.1, 0.15) is 22.2 Å². The lowest BCUT2D eigenvalue weighted by Crippen LogP contribution is -2.44. The van der Waals surface area contributed by atoms with E-state index >= 15 is 0 Å². The van der Waals surface area contributed by atoms with Crippen molar-refractivity contribution in [3.8, 4) is 0 Å². The van der Waals surface area contributed by atoms with Crippen molar-refractivity contribution in [3.63, 3.8) is 0 Å². The van der Waals surface area contributed by atoms with Crippen LogP contribution < -0.4 is 0 Å². The SMILES string of the molecule is Cc1nc(CN2CCn3c(CN4CCN(C)CC4)cnc3C2)cs1. The number of rotatable bonds is 4. The molecule has 0 aliphatic carbocycles. The monoisotopic (exact) mass is 346 g/mol. The van der Waals surface area contributed by atoms with Crippen molar-refractivity contribution in [1.82, 2.24) is 29.2 Å². The Labute approximate surface area is 147 Å². The standard InChI is InChI=1S/C17H26N6S/c1-14-19-15(13-24-14)10-22-7-8-23-16(9-18-17(23)12-22)11-21-5-3-20(2)4-6-21/h9,13H,3-8,10-12H2,1-2H3. The molecule has 1 fully saturated rings. The molecule has 0 amide bonds. The van der Waals surface area contributed by atoms with Gasteiger partial charge in [0.2, 0.25) is 0 Å². The Balaban J connectivity index is 1.38. The summed E-state index contributed by atoms with van der Waals surface area (Å²) in [6.45, 7) is 11.7. The van der Waals surface area contributed by atoms with Crippen LogP contribution in [0.4, 0.5) is 0 Å². The number of thiazole rings is 1. The van der Waals surface area contributed by atoms with E-state index in [1.807, 2.05) is 0 Å². The minimum atomic E-state index is 0.930. The first-order valence-corrected chi connectivity index (χ1v) is 9.63. The Morgan fingerprint density at radius 2 is 1.83 bits per heavy atom. The molecule has 24 heavy (non-hydrogen) atoms. The first-order valence-electron chi connectivity index (χ1n) is 8.75. The first kappa shape index (κ1) is 16.2. The Bertz CT molecular complexity index is 685. The highest BCUT2D eigenvalue weighted by Gasteiger charge is 2.22. The van der Waals surface area contributed by atoms with Gasteiger partial charge < -0.3 is 9.47 Å². The summed E-state index contributed by atoms with van der Waals surface area (Å²) in [6.07, 6.45) is 2.09. The van der Waals surface area contributed by atoms with Crippen LogP contribution in [0.2, 0.25) is 0 Å². The van der Waals surface area contributed by atoms with E-state index in [0.29, 0.717) is 0 Å². The zero-order valence-corrected chi connectivity index (χ0v) is 15.4. The van der Waals surface area contributed by atoms with Gasteiger partial charge in [0.25, 0.3) is 0 Å². The van der Waals surface area contributed by atoms with Gasteiger partial charge in [-0.1, -0.05) is 0 Å². The zero-order chi connectivity index (χ0) is 16.5. The van der Waals surface area contributed by atoms with Crippen molar-refractivity contribution >= 4 is 11.3 Å². The summed E-state index contributed by atoms with van der Waals surface area (Å²) in [7, 11) is 2.20. The normalized spacial score (nSPS) is 20.4. The van der Waals surface area contributed by atoms with E-state index < -0.39 is 0 Å². The number of nitrogens with zero attached hydrogens (tertiary/aromatic N) is 6. The lowest BCUT2D eigenvalue weighted by molar-refractivity contribution is 0.143. The smallest absolute Gasteiger partial charge is 0.123 e. The van der Waals surface area contributed by atoms with E-state index in [4.69, 9.17) is 4.98 Å². The molecule has 2 aromatic heterocycles. The van der Waals surface area contributed by atoms with Gasteiger partial charge in [-0.2, -0.15) is 0 Å². The maximum Gasteiger partial charge on any atom is 0.123 e. The average molecular weight is 347 g/mol. The Morgan fingerprint density at radius 3 is 2.58 bits per heavy atom. The molecule has 0 atom stereocenters. The van der Waals surface area contributed by atoms with E-state index in [2.05, 4.69) is 49.8 Å². The molecule has 6 nitrogen and oxygen atoms in total. The number of fused-ring (bicyclic) bond motifs is 1.